The maximum absolute atomic E-state index is 13.7. The van der Waals surface area contributed by atoms with Crippen molar-refractivity contribution in [2.24, 2.45) is 17.3 Å². The number of nitriles is 1. The number of hydrogen-bond donors (Lipinski definition) is 3. The van der Waals surface area contributed by atoms with Gasteiger partial charge in [-0.1, -0.05) is 18.2 Å². The van der Waals surface area contributed by atoms with Crippen molar-refractivity contribution in [3.63, 3.8) is 0 Å². The molecule has 1 aliphatic carbocycles. The first-order chi connectivity index (χ1) is 27.3. The van der Waals surface area contributed by atoms with Gasteiger partial charge in [-0.3, -0.25) is 9.78 Å². The van der Waals surface area contributed by atoms with E-state index in [4.69, 9.17) is 14.9 Å². The molecule has 1 aromatic carbocycles. The topological polar surface area (TPSA) is 147 Å². The highest BCUT2D eigenvalue weighted by Crippen LogP contribution is 2.45. The van der Waals surface area contributed by atoms with E-state index in [0.717, 1.165) is 102 Å². The number of fused-ring (bicyclic) bond motifs is 1. The van der Waals surface area contributed by atoms with Crippen LogP contribution in [-0.4, -0.2) is 94.0 Å². The predicted octanol–water partition coefficient (Wildman–Crippen LogP) is 7.49. The number of benzene rings is 1. The summed E-state index contributed by atoms with van der Waals surface area (Å²) < 4.78 is 31.7. The smallest absolute Gasteiger partial charge is 0.475 e. The second-order valence-electron chi connectivity index (χ2n) is 16.8. The van der Waals surface area contributed by atoms with Crippen LogP contribution in [0.4, 0.5) is 19.0 Å². The van der Waals surface area contributed by atoms with Crippen LogP contribution in [0.15, 0.2) is 30.5 Å². The van der Waals surface area contributed by atoms with Crippen molar-refractivity contribution in [1.82, 2.24) is 30.3 Å². The molecule has 0 bridgehead atoms. The van der Waals surface area contributed by atoms with E-state index in [1.807, 2.05) is 25.3 Å². The van der Waals surface area contributed by atoms with E-state index in [0.29, 0.717) is 23.7 Å². The molecule has 4 aliphatic rings. The largest absolute Gasteiger partial charge is 0.490 e. The summed E-state index contributed by atoms with van der Waals surface area (Å²) in [7, 11) is 0. The molecule has 1 spiro atoms. The highest BCUT2D eigenvalue weighted by atomic mass is 19.4. The van der Waals surface area contributed by atoms with Crippen molar-refractivity contribution in [2.75, 3.05) is 51.1 Å². The molecule has 2 aromatic heterocycles. The van der Waals surface area contributed by atoms with Gasteiger partial charge in [0.2, 0.25) is 5.91 Å². The molecule has 7 rings (SSSR count). The summed E-state index contributed by atoms with van der Waals surface area (Å²) in [6.07, 6.45) is 9.51. The standard InChI is InChI=1S/C41H56N8O.C2HF3O2/c1-28-32(9-18-42)5-4-6-35(28)29(2)45-39-36-25-38(44-26-37(36)30(3)46-47-39)33-12-23-49(24-13-33)40(50)34-10-21-48(22-11-34)27-31-7-14-41(15-8-31)16-19-43-20-17-41;3-2(4,5)1(6)7/h4-6,25-26,29,31,33-34,43H,7-17,19-24,27H2,1-3H3,(H,45,47);(H,6,7)/t29-;/m1./s1. The number of carbonyl (C=O) groups is 2. The first kappa shape index (κ1) is 42.3. The van der Waals surface area contributed by atoms with Crippen LogP contribution < -0.4 is 10.6 Å². The first-order valence-corrected chi connectivity index (χ1v) is 20.6. The third-order valence-electron chi connectivity index (χ3n) is 13.2. The van der Waals surface area contributed by atoms with E-state index < -0.39 is 12.1 Å². The first-order valence-electron chi connectivity index (χ1n) is 20.6. The molecule has 1 saturated carbocycles. The molecule has 3 saturated heterocycles. The Balaban J connectivity index is 0.000000719. The van der Waals surface area contributed by atoms with Crippen molar-refractivity contribution in [1.29, 1.82) is 5.26 Å². The number of likely N-dealkylation sites (tertiary alicyclic amines) is 2. The molecule has 1 amide bonds. The molecule has 14 heteroatoms. The van der Waals surface area contributed by atoms with Gasteiger partial charge in [-0.25, -0.2) is 4.79 Å². The van der Waals surface area contributed by atoms with Gasteiger partial charge < -0.3 is 25.5 Å². The third-order valence-corrected chi connectivity index (χ3v) is 13.2. The van der Waals surface area contributed by atoms with Gasteiger partial charge >= 0.3 is 12.1 Å². The fourth-order valence-electron chi connectivity index (χ4n) is 9.56. The molecule has 3 aromatic rings. The molecule has 3 aliphatic heterocycles. The number of carboxylic acid groups (broad SMARTS) is 1. The van der Waals surface area contributed by atoms with Crippen LogP contribution in [0.1, 0.15) is 111 Å². The van der Waals surface area contributed by atoms with Gasteiger partial charge in [-0.2, -0.15) is 23.5 Å². The van der Waals surface area contributed by atoms with E-state index in [9.17, 15) is 23.2 Å². The van der Waals surface area contributed by atoms with Gasteiger partial charge in [0.05, 0.1) is 24.2 Å². The van der Waals surface area contributed by atoms with Crippen molar-refractivity contribution in [3.8, 4) is 6.07 Å². The van der Waals surface area contributed by atoms with Crippen LogP contribution in [0.25, 0.3) is 10.8 Å². The highest BCUT2D eigenvalue weighted by molar-refractivity contribution is 5.93. The lowest BCUT2D eigenvalue weighted by atomic mass is 9.65. The molecule has 4 fully saturated rings. The number of aromatic nitrogens is 3. The van der Waals surface area contributed by atoms with E-state index in [1.165, 1.54) is 58.2 Å². The second-order valence-corrected chi connectivity index (χ2v) is 16.8. The third kappa shape index (κ3) is 10.4. The summed E-state index contributed by atoms with van der Waals surface area (Å²) in [5.74, 6) is -0.304. The van der Waals surface area contributed by atoms with Crippen LogP contribution >= 0.6 is 0 Å². The number of carboxylic acids is 1. The number of anilines is 1. The lowest BCUT2D eigenvalue weighted by Crippen LogP contribution is -2.46. The maximum atomic E-state index is 13.7. The van der Waals surface area contributed by atoms with Gasteiger partial charge in [0.1, 0.15) is 0 Å². The summed E-state index contributed by atoms with van der Waals surface area (Å²) in [5.41, 5.74) is 5.92. The number of amides is 1. The molecule has 1 atom stereocenters. The maximum Gasteiger partial charge on any atom is 0.490 e. The van der Waals surface area contributed by atoms with Gasteiger partial charge in [0.15, 0.2) is 5.82 Å². The Morgan fingerprint density at radius 1 is 1.00 bits per heavy atom. The van der Waals surface area contributed by atoms with Crippen LogP contribution in [0, 0.1) is 42.4 Å². The monoisotopic (exact) mass is 790 g/mol. The van der Waals surface area contributed by atoms with Gasteiger partial charge in [-0.15, -0.1) is 5.10 Å². The number of aryl methyl sites for hydroxylation is 1. The second kappa shape index (κ2) is 18.5. The number of halogens is 3. The number of aliphatic carboxylic acids is 1. The molecule has 0 unspecified atom stereocenters. The summed E-state index contributed by atoms with van der Waals surface area (Å²) in [4.78, 5) is 32.3. The normalized spacial score (nSPS) is 20.4. The highest BCUT2D eigenvalue weighted by Gasteiger charge is 2.39. The number of carbonyl (C=O) groups excluding carboxylic acids is 1. The van der Waals surface area contributed by atoms with Gasteiger partial charge in [0.25, 0.3) is 0 Å². The predicted molar refractivity (Wildman–Crippen MR) is 213 cm³/mol. The van der Waals surface area contributed by atoms with Gasteiger partial charge in [0, 0.05) is 54.1 Å². The van der Waals surface area contributed by atoms with Gasteiger partial charge in [-0.05, 0) is 145 Å². The average Bonchev–Trinajstić information content (AvgIpc) is 3.21. The Bertz CT molecular complexity index is 1900. The van der Waals surface area contributed by atoms with Crippen LogP contribution in [0.3, 0.4) is 0 Å². The van der Waals surface area contributed by atoms with E-state index >= 15 is 0 Å². The Morgan fingerprint density at radius 2 is 1.67 bits per heavy atom. The zero-order valence-electron chi connectivity index (χ0n) is 33.5. The quantitative estimate of drug-likeness (QED) is 0.210. The zero-order chi connectivity index (χ0) is 40.7. The number of pyridine rings is 1. The van der Waals surface area contributed by atoms with E-state index in [1.54, 1.807) is 0 Å². The Hall–Kier alpha value is -4.35. The van der Waals surface area contributed by atoms with Crippen molar-refractivity contribution >= 4 is 28.5 Å². The summed E-state index contributed by atoms with van der Waals surface area (Å²) >= 11 is 0. The van der Waals surface area contributed by atoms with Crippen molar-refractivity contribution < 1.29 is 27.9 Å². The number of nitrogens with zero attached hydrogens (tertiary/aromatic N) is 6. The fourth-order valence-corrected chi connectivity index (χ4v) is 9.56. The minimum absolute atomic E-state index is 0.00873. The summed E-state index contributed by atoms with van der Waals surface area (Å²) in [5, 5.41) is 34.6. The van der Waals surface area contributed by atoms with Crippen LogP contribution in [0.2, 0.25) is 0 Å². The van der Waals surface area contributed by atoms with Crippen molar-refractivity contribution in [2.45, 2.75) is 110 Å². The SMILES string of the molecule is Cc1c(CC#N)cccc1[C@@H](C)Nc1nnc(C)c2cnc(C3CCN(C(=O)C4CCN(CC5CCC6(CCNCC6)CC5)CC4)CC3)cc12.O=C(O)C(F)(F)F. The molecular weight excluding hydrogens is 734 g/mol. The number of nitrogens with one attached hydrogen (secondary N) is 2. The van der Waals surface area contributed by atoms with E-state index in [2.05, 4.69) is 62.7 Å². The van der Waals surface area contributed by atoms with Crippen molar-refractivity contribution in [3.05, 3.63) is 58.5 Å². The number of alkyl halides is 3. The molecule has 5 heterocycles. The molecule has 0 radical (unpaired) electrons. The summed E-state index contributed by atoms with van der Waals surface area (Å²) in [6, 6.07) is 10.6. The molecule has 3 N–H and O–H groups in total. The average molecular weight is 791 g/mol. The minimum atomic E-state index is -5.08. The minimum Gasteiger partial charge on any atom is -0.475 e. The molecular formula is C43H57F3N8O3. The molecule has 308 valence electrons. The number of hydrogen-bond acceptors (Lipinski definition) is 9. The Morgan fingerprint density at radius 3 is 2.30 bits per heavy atom. The number of rotatable bonds is 8. The van der Waals surface area contributed by atoms with Crippen LogP contribution in [-0.2, 0) is 16.0 Å². The molecule has 11 nitrogen and oxygen atoms in total. The number of piperidine rings is 3. The lowest BCUT2D eigenvalue weighted by Gasteiger charge is -2.44. The molecule has 57 heavy (non-hydrogen) atoms. The van der Waals surface area contributed by atoms with E-state index in [-0.39, 0.29) is 12.0 Å². The fraction of sp³-hybridized carbons (Fsp3) is 0.628. The summed E-state index contributed by atoms with van der Waals surface area (Å²) in [6.45, 7) is 13.6. The zero-order valence-corrected chi connectivity index (χ0v) is 33.5. The Kier molecular flexibility index (Phi) is 13.7. The Labute approximate surface area is 333 Å². The lowest BCUT2D eigenvalue weighted by molar-refractivity contribution is -0.192. The van der Waals surface area contributed by atoms with Crippen LogP contribution in [0.5, 0.6) is 0 Å².